The van der Waals surface area contributed by atoms with E-state index in [4.69, 9.17) is 0 Å². The van der Waals surface area contributed by atoms with Gasteiger partial charge in [-0.3, -0.25) is 0 Å². The standard InChI is InChI=1S/C18H15N2PSe/c22-21(16-11-5-2-6-12-16)19-17-13-7-8-14-18(17)20(21)15-9-3-1-4-10-15/h1-14H,(H,19,22). The van der Waals surface area contributed by atoms with E-state index in [9.17, 15) is 0 Å². The molecule has 0 saturated carbocycles. The number of nitrogens with zero attached hydrogens (tertiary/aromatic N) is 1. The minimum atomic E-state index is -1.83. The van der Waals surface area contributed by atoms with Crippen molar-refractivity contribution in [3.63, 3.8) is 0 Å². The van der Waals surface area contributed by atoms with Crippen LogP contribution in [0.15, 0.2) is 84.9 Å². The van der Waals surface area contributed by atoms with Crippen LogP contribution in [0.4, 0.5) is 17.1 Å². The van der Waals surface area contributed by atoms with Crippen molar-refractivity contribution in [1.82, 2.24) is 0 Å². The van der Waals surface area contributed by atoms with Gasteiger partial charge in [-0.05, 0) is 0 Å². The molecule has 0 saturated heterocycles. The van der Waals surface area contributed by atoms with Crippen molar-refractivity contribution < 1.29 is 0 Å². The second-order valence-electron chi connectivity index (χ2n) is 5.19. The van der Waals surface area contributed by atoms with E-state index in [1.807, 2.05) is 0 Å². The van der Waals surface area contributed by atoms with Crippen LogP contribution in [0.1, 0.15) is 0 Å². The molecule has 1 aliphatic heterocycles. The fraction of sp³-hybridized carbons (Fsp3) is 0. The van der Waals surface area contributed by atoms with Crippen molar-refractivity contribution in [2.75, 3.05) is 9.76 Å². The first-order valence-corrected chi connectivity index (χ1v) is 11.1. The molecule has 0 aromatic heterocycles. The number of anilines is 3. The molecule has 2 nitrogen and oxygen atoms in total. The van der Waals surface area contributed by atoms with Gasteiger partial charge in [0.05, 0.1) is 0 Å². The first-order chi connectivity index (χ1) is 10.8. The van der Waals surface area contributed by atoms with Gasteiger partial charge in [0.15, 0.2) is 0 Å². The number of fused-ring (bicyclic) bond motifs is 1. The van der Waals surface area contributed by atoms with Crippen LogP contribution < -0.4 is 15.1 Å². The van der Waals surface area contributed by atoms with Crippen LogP contribution in [0.3, 0.4) is 0 Å². The monoisotopic (exact) mass is 370 g/mol. The van der Waals surface area contributed by atoms with Crippen molar-refractivity contribution in [2.24, 2.45) is 0 Å². The van der Waals surface area contributed by atoms with Crippen LogP contribution in [0, 0.1) is 0 Å². The van der Waals surface area contributed by atoms with Crippen molar-refractivity contribution in [3.8, 4) is 0 Å². The Bertz CT molecular complexity index is 849. The molecule has 22 heavy (non-hydrogen) atoms. The summed E-state index contributed by atoms with van der Waals surface area (Å²) < 4.78 is 2.43. The van der Waals surface area contributed by atoms with Crippen molar-refractivity contribution in [3.05, 3.63) is 84.9 Å². The van der Waals surface area contributed by atoms with Gasteiger partial charge in [-0.25, -0.2) is 0 Å². The molecule has 1 atom stereocenters. The summed E-state index contributed by atoms with van der Waals surface area (Å²) >= 11 is 3.49. The van der Waals surface area contributed by atoms with Crippen molar-refractivity contribution >= 4 is 43.3 Å². The Kier molecular flexibility index (Phi) is 3.42. The number of para-hydroxylation sites is 3. The molecule has 1 N–H and O–H groups in total. The zero-order chi connectivity index (χ0) is 15.0. The fourth-order valence-electron chi connectivity index (χ4n) is 2.80. The zero-order valence-electron chi connectivity index (χ0n) is 11.9. The molecule has 1 unspecified atom stereocenters. The van der Waals surface area contributed by atoms with Crippen LogP contribution in [-0.4, -0.2) is 15.1 Å². The molecular weight excluding hydrogens is 354 g/mol. The zero-order valence-corrected chi connectivity index (χ0v) is 14.5. The van der Waals surface area contributed by atoms with Crippen molar-refractivity contribution in [2.45, 2.75) is 0 Å². The third-order valence-electron chi connectivity index (χ3n) is 3.79. The molecule has 4 heteroatoms. The molecule has 0 aliphatic carbocycles. The summed E-state index contributed by atoms with van der Waals surface area (Å²) in [5.41, 5.74) is 3.61. The van der Waals surface area contributed by atoms with Crippen LogP contribution in [0.5, 0.6) is 0 Å². The summed E-state index contributed by atoms with van der Waals surface area (Å²) in [6.07, 6.45) is 0. The summed E-state index contributed by atoms with van der Waals surface area (Å²) in [5, 5.41) is 5.06. The van der Waals surface area contributed by atoms with Crippen LogP contribution >= 0.6 is 5.81 Å². The predicted molar refractivity (Wildman–Crippen MR) is 97.4 cm³/mol. The summed E-state index contributed by atoms with van der Waals surface area (Å²) in [7, 11) is 0. The maximum absolute atomic E-state index is 3.76. The molecule has 3 aromatic carbocycles. The average molecular weight is 369 g/mol. The van der Waals surface area contributed by atoms with Gasteiger partial charge >= 0.3 is 138 Å². The van der Waals surface area contributed by atoms with E-state index in [-0.39, 0.29) is 0 Å². The molecule has 0 spiro atoms. The average Bonchev–Trinajstić information content (AvgIpc) is 2.90. The Labute approximate surface area is 138 Å². The number of benzene rings is 3. The third-order valence-corrected chi connectivity index (χ3v) is 9.27. The van der Waals surface area contributed by atoms with Gasteiger partial charge in [0.25, 0.3) is 0 Å². The Morgan fingerprint density at radius 3 is 2.05 bits per heavy atom. The third kappa shape index (κ3) is 2.14. The Hall–Kier alpha value is -1.79. The molecule has 0 radical (unpaired) electrons. The molecule has 0 bridgehead atoms. The van der Waals surface area contributed by atoms with E-state index in [0.717, 1.165) is 0 Å². The topological polar surface area (TPSA) is 15.3 Å². The normalized spacial score (nSPS) is 19.5. The predicted octanol–water partition coefficient (Wildman–Crippen LogP) is 4.51. The Morgan fingerprint density at radius 2 is 1.32 bits per heavy atom. The Balaban J connectivity index is 1.95. The Morgan fingerprint density at radius 1 is 0.727 bits per heavy atom. The molecule has 0 fully saturated rings. The molecule has 4 rings (SSSR count). The van der Waals surface area contributed by atoms with E-state index < -0.39 is 5.81 Å². The van der Waals surface area contributed by atoms with Gasteiger partial charge in [-0.2, -0.15) is 0 Å². The number of nitrogens with one attached hydrogen (secondary N) is 1. The molecule has 3 aromatic rings. The summed E-state index contributed by atoms with van der Waals surface area (Å²) in [6.45, 7) is 0. The SMILES string of the molecule is [Se]=P1(c2ccccc2)Nc2ccccc2N1c1ccccc1. The molecular formula is C18H15N2PSe. The van der Waals surface area contributed by atoms with Gasteiger partial charge in [0.2, 0.25) is 0 Å². The van der Waals surface area contributed by atoms with E-state index in [1.165, 1.54) is 22.4 Å². The fourth-order valence-corrected chi connectivity index (χ4v) is 7.82. The van der Waals surface area contributed by atoms with Crippen LogP contribution in [-0.2, 0) is 0 Å². The van der Waals surface area contributed by atoms with E-state index in [1.54, 1.807) is 0 Å². The molecule has 108 valence electrons. The van der Waals surface area contributed by atoms with Crippen molar-refractivity contribution in [1.29, 1.82) is 0 Å². The molecule has 0 amide bonds. The summed E-state index contributed by atoms with van der Waals surface area (Å²) in [5.74, 6) is -1.83. The van der Waals surface area contributed by atoms with Crippen LogP contribution in [0.2, 0.25) is 0 Å². The molecule has 1 heterocycles. The summed E-state index contributed by atoms with van der Waals surface area (Å²) in [4.78, 5) is 0. The van der Waals surface area contributed by atoms with Gasteiger partial charge in [-0.1, -0.05) is 0 Å². The minimum absolute atomic E-state index is 1.18. The first-order valence-electron chi connectivity index (χ1n) is 7.18. The second kappa shape index (κ2) is 5.44. The quantitative estimate of drug-likeness (QED) is 0.528. The number of hydrogen-bond acceptors (Lipinski definition) is 2. The van der Waals surface area contributed by atoms with E-state index >= 15 is 0 Å². The maximum atomic E-state index is 3.76. The van der Waals surface area contributed by atoms with Gasteiger partial charge in [0, 0.05) is 0 Å². The summed E-state index contributed by atoms with van der Waals surface area (Å²) in [6, 6.07) is 29.7. The van der Waals surface area contributed by atoms with Gasteiger partial charge < -0.3 is 0 Å². The first kappa shape index (κ1) is 13.8. The second-order valence-corrected chi connectivity index (χ2v) is 10.8. The van der Waals surface area contributed by atoms with Crippen LogP contribution in [0.25, 0.3) is 0 Å². The van der Waals surface area contributed by atoms with Gasteiger partial charge in [-0.15, -0.1) is 0 Å². The van der Waals surface area contributed by atoms with E-state index in [2.05, 4.69) is 110 Å². The van der Waals surface area contributed by atoms with Gasteiger partial charge in [0.1, 0.15) is 0 Å². The molecule has 1 aliphatic rings. The number of hydrogen-bond donors (Lipinski definition) is 1. The number of rotatable bonds is 2. The van der Waals surface area contributed by atoms with E-state index in [0.29, 0.717) is 0 Å².